The molecule has 39 heavy (non-hydrogen) atoms. The molecule has 0 spiro atoms. The van der Waals surface area contributed by atoms with Gasteiger partial charge in [0.1, 0.15) is 23.7 Å². The van der Waals surface area contributed by atoms with E-state index >= 15 is 0 Å². The number of fused-ring (bicyclic) bond motifs is 1. The van der Waals surface area contributed by atoms with E-state index in [2.05, 4.69) is 5.32 Å². The summed E-state index contributed by atoms with van der Waals surface area (Å²) in [5, 5.41) is 3.03. The Morgan fingerprint density at radius 2 is 1.69 bits per heavy atom. The molecule has 0 bridgehead atoms. The maximum atomic E-state index is 13.8. The maximum absolute atomic E-state index is 13.8. The standard InChI is InChI=1S/C29H33FN2O6S/c1-5-29(6-2)18-24(23-9-7-8-10-25(23)38-29)31-28(33)19-32(21-13-11-20(30)12-14-21)39(34,35)22-15-16-26(36-3)27(17-22)37-4/h7-17,24H,5-6,18-19H2,1-4H3,(H,31,33)/t24-/m1/s1. The van der Waals surface area contributed by atoms with E-state index in [4.69, 9.17) is 14.2 Å². The Kier molecular flexibility index (Phi) is 8.34. The second kappa shape index (κ2) is 11.5. The number of nitrogens with zero attached hydrogens (tertiary/aromatic N) is 1. The first-order chi connectivity index (χ1) is 18.7. The van der Waals surface area contributed by atoms with Gasteiger partial charge in [-0.15, -0.1) is 0 Å². The lowest BCUT2D eigenvalue weighted by Gasteiger charge is -2.41. The van der Waals surface area contributed by atoms with Crippen LogP contribution in [0.2, 0.25) is 0 Å². The van der Waals surface area contributed by atoms with Crippen LogP contribution in [0.1, 0.15) is 44.7 Å². The highest BCUT2D eigenvalue weighted by Gasteiger charge is 2.39. The number of carbonyl (C=O) groups excluding carboxylic acids is 1. The van der Waals surface area contributed by atoms with Gasteiger partial charge in [-0.05, 0) is 55.3 Å². The summed E-state index contributed by atoms with van der Waals surface area (Å²) >= 11 is 0. The summed E-state index contributed by atoms with van der Waals surface area (Å²) in [4.78, 5) is 13.4. The molecule has 0 radical (unpaired) electrons. The van der Waals surface area contributed by atoms with Crippen LogP contribution in [0, 0.1) is 5.82 Å². The lowest BCUT2D eigenvalue weighted by atomic mass is 9.83. The number of halogens is 1. The quantitative estimate of drug-likeness (QED) is 0.367. The minimum Gasteiger partial charge on any atom is -0.493 e. The zero-order valence-electron chi connectivity index (χ0n) is 22.4. The molecule has 0 saturated heterocycles. The fraction of sp³-hybridized carbons (Fsp3) is 0.345. The highest BCUT2D eigenvalue weighted by molar-refractivity contribution is 7.92. The number of carbonyl (C=O) groups is 1. The van der Waals surface area contributed by atoms with Crippen molar-refractivity contribution in [1.29, 1.82) is 0 Å². The minimum atomic E-state index is -4.26. The molecule has 0 aliphatic carbocycles. The predicted octanol–water partition coefficient (Wildman–Crippen LogP) is 5.24. The summed E-state index contributed by atoms with van der Waals surface area (Å²) < 4.78 is 59.2. The number of ether oxygens (including phenoxy) is 3. The summed E-state index contributed by atoms with van der Waals surface area (Å²) in [5.74, 6) is 0.241. The van der Waals surface area contributed by atoms with Crippen LogP contribution in [0.5, 0.6) is 17.2 Å². The molecule has 1 aliphatic rings. The SMILES string of the molecule is CCC1(CC)C[C@@H](NC(=O)CN(c2ccc(F)cc2)S(=O)(=O)c2ccc(OC)c(OC)c2)c2ccccc2O1. The molecule has 3 aromatic rings. The number of sulfonamides is 1. The molecule has 1 aliphatic heterocycles. The molecule has 8 nitrogen and oxygen atoms in total. The van der Waals surface area contributed by atoms with Crippen LogP contribution in [-0.2, 0) is 14.8 Å². The van der Waals surface area contributed by atoms with E-state index in [9.17, 15) is 17.6 Å². The molecule has 4 rings (SSSR count). The third-order valence-corrected chi connectivity index (χ3v) is 8.94. The monoisotopic (exact) mass is 556 g/mol. The first-order valence-electron chi connectivity index (χ1n) is 12.7. The van der Waals surface area contributed by atoms with E-state index in [1.165, 1.54) is 44.6 Å². The topological polar surface area (TPSA) is 94.2 Å². The van der Waals surface area contributed by atoms with Crippen molar-refractivity contribution in [3.05, 3.63) is 78.1 Å². The Morgan fingerprint density at radius 1 is 1.03 bits per heavy atom. The summed E-state index contributed by atoms with van der Waals surface area (Å²) in [6.07, 6.45) is 2.04. The van der Waals surface area contributed by atoms with Gasteiger partial charge in [0.05, 0.1) is 30.8 Å². The third-order valence-electron chi connectivity index (χ3n) is 7.17. The van der Waals surface area contributed by atoms with Crippen molar-refractivity contribution >= 4 is 21.6 Å². The van der Waals surface area contributed by atoms with Crippen LogP contribution in [0.15, 0.2) is 71.6 Å². The van der Waals surface area contributed by atoms with Gasteiger partial charge < -0.3 is 19.5 Å². The second-order valence-corrected chi connectivity index (χ2v) is 11.2. The lowest BCUT2D eigenvalue weighted by molar-refractivity contribution is -0.121. The zero-order chi connectivity index (χ0) is 28.2. The number of anilines is 1. The van der Waals surface area contributed by atoms with Gasteiger partial charge in [0.2, 0.25) is 5.91 Å². The number of hydrogen-bond acceptors (Lipinski definition) is 6. The van der Waals surface area contributed by atoms with E-state index in [1.807, 2.05) is 38.1 Å². The molecule has 10 heteroatoms. The van der Waals surface area contributed by atoms with E-state index in [0.717, 1.165) is 34.8 Å². The van der Waals surface area contributed by atoms with Crippen molar-refractivity contribution in [1.82, 2.24) is 5.32 Å². The number of methoxy groups -OCH3 is 2. The summed E-state index contributed by atoms with van der Waals surface area (Å²) in [6.45, 7) is 3.57. The Bertz CT molecular complexity index is 1420. The van der Waals surface area contributed by atoms with Gasteiger partial charge in [0.15, 0.2) is 11.5 Å². The van der Waals surface area contributed by atoms with E-state index in [-0.39, 0.29) is 22.4 Å². The Hall–Kier alpha value is -3.79. The molecule has 0 saturated carbocycles. The zero-order valence-corrected chi connectivity index (χ0v) is 23.3. The minimum absolute atomic E-state index is 0.107. The fourth-order valence-corrected chi connectivity index (χ4v) is 6.26. The highest BCUT2D eigenvalue weighted by atomic mass is 32.2. The molecule has 3 aromatic carbocycles. The van der Waals surface area contributed by atoms with Gasteiger partial charge >= 0.3 is 0 Å². The number of amides is 1. The van der Waals surface area contributed by atoms with Gasteiger partial charge in [-0.1, -0.05) is 32.0 Å². The highest BCUT2D eigenvalue weighted by Crippen LogP contribution is 2.42. The first-order valence-corrected chi connectivity index (χ1v) is 14.2. The van der Waals surface area contributed by atoms with E-state index in [1.54, 1.807) is 0 Å². The molecule has 0 unspecified atom stereocenters. The molecule has 1 N–H and O–H groups in total. The average molecular weight is 557 g/mol. The molecule has 0 fully saturated rings. The normalized spacial score (nSPS) is 16.0. The van der Waals surface area contributed by atoms with Crippen LogP contribution >= 0.6 is 0 Å². The van der Waals surface area contributed by atoms with Gasteiger partial charge in [-0.25, -0.2) is 12.8 Å². The first kappa shape index (κ1) is 28.2. The number of rotatable bonds is 10. The molecular weight excluding hydrogens is 523 g/mol. The van der Waals surface area contributed by atoms with Crippen LogP contribution in [0.3, 0.4) is 0 Å². The molecule has 1 atom stereocenters. The molecule has 208 valence electrons. The molecule has 0 aromatic heterocycles. The largest absolute Gasteiger partial charge is 0.493 e. The third kappa shape index (κ3) is 5.80. The molecule has 1 amide bonds. The predicted molar refractivity (Wildman–Crippen MR) is 146 cm³/mol. The van der Waals surface area contributed by atoms with Crippen LogP contribution in [0.4, 0.5) is 10.1 Å². The number of para-hydroxylation sites is 1. The Morgan fingerprint density at radius 3 is 2.33 bits per heavy atom. The van der Waals surface area contributed by atoms with Gasteiger partial charge in [0.25, 0.3) is 10.0 Å². The number of hydrogen-bond donors (Lipinski definition) is 1. The van der Waals surface area contributed by atoms with Crippen molar-refractivity contribution in [2.75, 3.05) is 25.1 Å². The van der Waals surface area contributed by atoms with Crippen molar-refractivity contribution in [2.24, 2.45) is 0 Å². The summed E-state index contributed by atoms with van der Waals surface area (Å²) in [7, 11) is -1.42. The van der Waals surface area contributed by atoms with Gasteiger partial charge in [-0.2, -0.15) is 0 Å². The van der Waals surface area contributed by atoms with Gasteiger partial charge in [0, 0.05) is 18.1 Å². The number of benzene rings is 3. The van der Waals surface area contributed by atoms with E-state index in [0.29, 0.717) is 17.9 Å². The van der Waals surface area contributed by atoms with Crippen LogP contribution in [-0.4, -0.2) is 40.7 Å². The fourth-order valence-electron chi connectivity index (χ4n) is 4.83. The maximum Gasteiger partial charge on any atom is 0.264 e. The molecule has 1 heterocycles. The second-order valence-electron chi connectivity index (χ2n) is 9.36. The van der Waals surface area contributed by atoms with E-state index < -0.39 is 33.9 Å². The summed E-state index contributed by atoms with van der Waals surface area (Å²) in [5.41, 5.74) is 0.527. The average Bonchev–Trinajstić information content (AvgIpc) is 2.95. The molecular formula is C29H33FN2O6S. The van der Waals surface area contributed by atoms with Gasteiger partial charge in [-0.3, -0.25) is 9.10 Å². The number of nitrogens with one attached hydrogen (secondary N) is 1. The van der Waals surface area contributed by atoms with Crippen molar-refractivity contribution in [2.45, 2.75) is 49.6 Å². The summed E-state index contributed by atoms with van der Waals surface area (Å²) in [6, 6.07) is 16.3. The van der Waals surface area contributed by atoms with Crippen LogP contribution < -0.4 is 23.8 Å². The van der Waals surface area contributed by atoms with Crippen molar-refractivity contribution < 1.29 is 31.8 Å². The van der Waals surface area contributed by atoms with Crippen molar-refractivity contribution in [3.63, 3.8) is 0 Å². The lowest BCUT2D eigenvalue weighted by Crippen LogP contribution is -2.47. The smallest absolute Gasteiger partial charge is 0.264 e. The Balaban J connectivity index is 1.68. The Labute approximate surface area is 228 Å². The van der Waals surface area contributed by atoms with Crippen molar-refractivity contribution in [3.8, 4) is 17.2 Å². The van der Waals surface area contributed by atoms with Crippen LogP contribution in [0.25, 0.3) is 0 Å².